The number of carbonyl (C=O) groups is 2. The maximum Gasteiger partial charge on any atom is 0.331 e. The third-order valence-electron chi connectivity index (χ3n) is 2.49. The molecule has 0 aromatic carbocycles. The van der Waals surface area contributed by atoms with Gasteiger partial charge in [-0.3, -0.25) is 9.78 Å². The highest BCUT2D eigenvalue weighted by Crippen LogP contribution is 2.21. The molecule has 1 amide bonds. The van der Waals surface area contributed by atoms with Crippen molar-refractivity contribution >= 4 is 23.6 Å². The molecule has 1 aromatic heterocycles. The first-order valence-electron chi connectivity index (χ1n) is 5.89. The summed E-state index contributed by atoms with van der Waals surface area (Å²) in [5.74, 6) is -1.14. The second kappa shape index (κ2) is 5.65. The van der Waals surface area contributed by atoms with Gasteiger partial charge in [0.05, 0.1) is 5.69 Å². The summed E-state index contributed by atoms with van der Waals surface area (Å²) < 4.78 is 0. The van der Waals surface area contributed by atoms with Gasteiger partial charge in [0.1, 0.15) is 0 Å². The molecule has 0 saturated heterocycles. The maximum absolute atomic E-state index is 11.9. The van der Waals surface area contributed by atoms with E-state index in [0.717, 1.165) is 0 Å². The highest BCUT2D eigenvalue weighted by molar-refractivity contribution is 5.98. The van der Waals surface area contributed by atoms with E-state index >= 15 is 0 Å². The van der Waals surface area contributed by atoms with Gasteiger partial charge in [0, 0.05) is 28.9 Å². The molecule has 0 aliphatic heterocycles. The summed E-state index contributed by atoms with van der Waals surface area (Å²) in [6.07, 6.45) is 4.55. The first-order valence-corrected chi connectivity index (χ1v) is 5.89. The number of hydrogen-bond donors (Lipinski definition) is 2. The molecule has 0 atom stereocenters. The summed E-state index contributed by atoms with van der Waals surface area (Å²) in [6.45, 7) is 6.91. The van der Waals surface area contributed by atoms with E-state index < -0.39 is 11.4 Å². The molecule has 0 fully saturated rings. The average molecular weight is 262 g/mol. The maximum atomic E-state index is 11.9. The van der Waals surface area contributed by atoms with E-state index in [1.165, 1.54) is 19.2 Å². The van der Waals surface area contributed by atoms with E-state index in [1.54, 1.807) is 12.3 Å². The van der Waals surface area contributed by atoms with Gasteiger partial charge in [0.2, 0.25) is 5.91 Å². The molecule has 5 heteroatoms. The van der Waals surface area contributed by atoms with Crippen LogP contribution in [0.15, 0.2) is 24.0 Å². The van der Waals surface area contributed by atoms with Gasteiger partial charge in [0.15, 0.2) is 0 Å². The number of carboxylic acids is 1. The quantitative estimate of drug-likeness (QED) is 0.820. The standard InChI is InChI=1S/C14H18N2O3/c1-9(12(17)18)7-10-8-15-6-5-11(10)16-13(19)14(2,3)4/h5-8H,1-4H3,(H,17,18)(H,15,16,19)/b9-7+. The lowest BCUT2D eigenvalue weighted by atomic mass is 9.95. The van der Waals surface area contributed by atoms with Crippen LogP contribution < -0.4 is 5.32 Å². The van der Waals surface area contributed by atoms with Crippen molar-refractivity contribution in [3.05, 3.63) is 29.6 Å². The van der Waals surface area contributed by atoms with Gasteiger partial charge in [-0.2, -0.15) is 0 Å². The van der Waals surface area contributed by atoms with E-state index in [1.807, 2.05) is 20.8 Å². The Kier molecular flexibility index (Phi) is 4.43. The van der Waals surface area contributed by atoms with Gasteiger partial charge in [-0.05, 0) is 19.1 Å². The molecular formula is C14H18N2O3. The van der Waals surface area contributed by atoms with Crippen molar-refractivity contribution in [3.8, 4) is 0 Å². The lowest BCUT2D eigenvalue weighted by Crippen LogP contribution is -2.27. The number of rotatable bonds is 3. The number of aliphatic carboxylic acids is 1. The van der Waals surface area contributed by atoms with Gasteiger partial charge in [0.25, 0.3) is 0 Å². The molecule has 0 saturated carbocycles. The number of hydrogen-bond acceptors (Lipinski definition) is 3. The molecule has 0 aliphatic carbocycles. The molecule has 5 nitrogen and oxygen atoms in total. The molecule has 0 spiro atoms. The molecule has 19 heavy (non-hydrogen) atoms. The molecule has 0 unspecified atom stereocenters. The molecule has 1 rings (SSSR count). The van der Waals surface area contributed by atoms with Crippen LogP contribution in [0.3, 0.4) is 0 Å². The molecule has 1 heterocycles. The molecule has 0 bridgehead atoms. The first-order chi connectivity index (χ1) is 8.71. The Bertz CT molecular complexity index is 528. The van der Waals surface area contributed by atoms with Crippen LogP contribution >= 0.6 is 0 Å². The van der Waals surface area contributed by atoms with Crippen molar-refractivity contribution in [2.75, 3.05) is 5.32 Å². The number of carbonyl (C=O) groups excluding carboxylic acids is 1. The summed E-state index contributed by atoms with van der Waals surface area (Å²) in [6, 6.07) is 1.64. The van der Waals surface area contributed by atoms with Crippen LogP contribution in [0.1, 0.15) is 33.3 Å². The van der Waals surface area contributed by atoms with Crippen molar-refractivity contribution in [1.29, 1.82) is 0 Å². The number of carboxylic acid groups (broad SMARTS) is 1. The van der Waals surface area contributed by atoms with Gasteiger partial charge in [-0.15, -0.1) is 0 Å². The fourth-order valence-electron chi connectivity index (χ4n) is 1.24. The van der Waals surface area contributed by atoms with Gasteiger partial charge >= 0.3 is 5.97 Å². The van der Waals surface area contributed by atoms with Crippen LogP contribution in [-0.2, 0) is 9.59 Å². The average Bonchev–Trinajstić information content (AvgIpc) is 2.30. The third kappa shape index (κ3) is 4.21. The van der Waals surface area contributed by atoms with E-state index in [0.29, 0.717) is 11.3 Å². The molecule has 0 radical (unpaired) electrons. The summed E-state index contributed by atoms with van der Waals surface area (Å²) >= 11 is 0. The Morgan fingerprint density at radius 3 is 2.53 bits per heavy atom. The van der Waals surface area contributed by atoms with Crippen LogP contribution in [0.25, 0.3) is 6.08 Å². The Morgan fingerprint density at radius 2 is 2.00 bits per heavy atom. The third-order valence-corrected chi connectivity index (χ3v) is 2.49. The minimum Gasteiger partial charge on any atom is -0.478 e. The largest absolute Gasteiger partial charge is 0.478 e. The molecular weight excluding hydrogens is 244 g/mol. The normalized spacial score (nSPS) is 12.1. The fourth-order valence-corrected chi connectivity index (χ4v) is 1.24. The highest BCUT2D eigenvalue weighted by atomic mass is 16.4. The number of nitrogens with zero attached hydrogens (tertiary/aromatic N) is 1. The van der Waals surface area contributed by atoms with Crippen LogP contribution in [0.2, 0.25) is 0 Å². The zero-order valence-electron chi connectivity index (χ0n) is 11.5. The van der Waals surface area contributed by atoms with E-state index in [-0.39, 0.29) is 11.5 Å². The lowest BCUT2D eigenvalue weighted by molar-refractivity contribution is -0.132. The zero-order valence-corrected chi connectivity index (χ0v) is 11.5. The lowest BCUT2D eigenvalue weighted by Gasteiger charge is -2.18. The predicted octanol–water partition coefficient (Wildman–Crippen LogP) is 2.55. The van der Waals surface area contributed by atoms with E-state index in [4.69, 9.17) is 5.11 Å². The SMILES string of the molecule is C/C(=C\c1cnccc1NC(=O)C(C)(C)C)C(=O)O. The first kappa shape index (κ1) is 14.9. The monoisotopic (exact) mass is 262 g/mol. The van der Waals surface area contributed by atoms with Crippen molar-refractivity contribution in [2.45, 2.75) is 27.7 Å². The Balaban J connectivity index is 3.07. The smallest absolute Gasteiger partial charge is 0.331 e. The highest BCUT2D eigenvalue weighted by Gasteiger charge is 2.21. The Morgan fingerprint density at radius 1 is 1.37 bits per heavy atom. The number of pyridine rings is 1. The molecule has 102 valence electrons. The zero-order chi connectivity index (χ0) is 14.6. The minimum atomic E-state index is -1.00. The number of nitrogens with one attached hydrogen (secondary N) is 1. The van der Waals surface area contributed by atoms with E-state index in [9.17, 15) is 9.59 Å². The number of anilines is 1. The minimum absolute atomic E-state index is 0.138. The fraction of sp³-hybridized carbons (Fsp3) is 0.357. The van der Waals surface area contributed by atoms with Gasteiger partial charge < -0.3 is 10.4 Å². The van der Waals surface area contributed by atoms with Crippen LogP contribution in [-0.4, -0.2) is 22.0 Å². The van der Waals surface area contributed by atoms with Crippen LogP contribution in [0, 0.1) is 5.41 Å². The van der Waals surface area contributed by atoms with Crippen LogP contribution in [0.5, 0.6) is 0 Å². The predicted molar refractivity (Wildman–Crippen MR) is 73.6 cm³/mol. The van der Waals surface area contributed by atoms with E-state index in [2.05, 4.69) is 10.3 Å². The molecule has 1 aromatic rings. The van der Waals surface area contributed by atoms with Crippen molar-refractivity contribution in [3.63, 3.8) is 0 Å². The molecule has 2 N–H and O–H groups in total. The van der Waals surface area contributed by atoms with Crippen molar-refractivity contribution in [1.82, 2.24) is 4.98 Å². The molecule has 0 aliphatic rings. The van der Waals surface area contributed by atoms with Gasteiger partial charge in [-0.25, -0.2) is 4.79 Å². The number of aromatic nitrogens is 1. The van der Waals surface area contributed by atoms with Crippen molar-refractivity contribution in [2.24, 2.45) is 5.41 Å². The second-order valence-corrected chi connectivity index (χ2v) is 5.30. The Labute approximate surface area is 112 Å². The Hall–Kier alpha value is -2.17. The summed E-state index contributed by atoms with van der Waals surface area (Å²) in [5, 5.41) is 11.6. The summed E-state index contributed by atoms with van der Waals surface area (Å²) in [4.78, 5) is 26.7. The summed E-state index contributed by atoms with van der Waals surface area (Å²) in [5.41, 5.74) is 0.779. The van der Waals surface area contributed by atoms with Crippen molar-refractivity contribution < 1.29 is 14.7 Å². The topological polar surface area (TPSA) is 79.3 Å². The summed E-state index contributed by atoms with van der Waals surface area (Å²) in [7, 11) is 0. The second-order valence-electron chi connectivity index (χ2n) is 5.30. The van der Waals surface area contributed by atoms with Crippen LogP contribution in [0.4, 0.5) is 5.69 Å². The van der Waals surface area contributed by atoms with Gasteiger partial charge in [-0.1, -0.05) is 20.8 Å². The number of amides is 1.